The zero-order valence-electron chi connectivity index (χ0n) is 19.7. The van der Waals surface area contributed by atoms with Crippen LogP contribution in [0.1, 0.15) is 36.1 Å². The van der Waals surface area contributed by atoms with E-state index in [1.807, 2.05) is 31.2 Å². The second kappa shape index (κ2) is 10.1. The third-order valence-electron chi connectivity index (χ3n) is 6.88. The van der Waals surface area contributed by atoms with Crippen molar-refractivity contribution in [1.82, 2.24) is 4.90 Å². The van der Waals surface area contributed by atoms with Gasteiger partial charge in [-0.1, -0.05) is 24.3 Å². The van der Waals surface area contributed by atoms with E-state index in [0.717, 1.165) is 59.6 Å². The van der Waals surface area contributed by atoms with Gasteiger partial charge in [0.2, 0.25) is 0 Å². The highest BCUT2D eigenvalue weighted by atomic mass is 19.1. The number of rotatable bonds is 7. The number of phenolic OH excluding ortho intramolecular Hbond substituents is 1. The molecule has 2 aliphatic rings. The lowest BCUT2D eigenvalue weighted by molar-refractivity contribution is 0.228. The average molecular weight is 478 g/mol. The van der Waals surface area contributed by atoms with Crippen LogP contribution in [-0.4, -0.2) is 42.9 Å². The van der Waals surface area contributed by atoms with E-state index in [4.69, 9.17) is 9.47 Å². The fraction of sp³-hybridized carbons (Fsp3) is 0.310. The molecule has 35 heavy (non-hydrogen) atoms. The monoisotopic (exact) mass is 477 g/mol. The Hall–Kier alpha value is -3.38. The van der Waals surface area contributed by atoms with Gasteiger partial charge >= 0.3 is 0 Å². The van der Waals surface area contributed by atoms with Crippen LogP contribution in [-0.2, 0) is 0 Å². The van der Waals surface area contributed by atoms with E-state index in [-0.39, 0.29) is 24.2 Å². The van der Waals surface area contributed by atoms with E-state index in [9.17, 15) is 13.9 Å². The first-order valence-electron chi connectivity index (χ1n) is 12.0. The van der Waals surface area contributed by atoms with Gasteiger partial charge in [-0.3, -0.25) is 9.29 Å². The van der Waals surface area contributed by atoms with Gasteiger partial charge in [-0.25, -0.2) is 4.39 Å². The summed E-state index contributed by atoms with van der Waals surface area (Å²) < 4.78 is 38.8. The molecule has 0 radical (unpaired) electrons. The van der Waals surface area contributed by atoms with Crippen LogP contribution < -0.4 is 9.47 Å². The Balaban J connectivity index is 1.36. The first kappa shape index (κ1) is 23.4. The molecule has 4 nitrogen and oxygen atoms in total. The summed E-state index contributed by atoms with van der Waals surface area (Å²) in [6.45, 7) is 4.80. The Kier molecular flexibility index (Phi) is 6.73. The summed E-state index contributed by atoms with van der Waals surface area (Å²) in [5.41, 5.74) is 4.52. The Bertz CT molecular complexity index is 1210. The molecule has 2 heterocycles. The van der Waals surface area contributed by atoms with E-state index >= 15 is 0 Å². The van der Waals surface area contributed by atoms with E-state index in [2.05, 4.69) is 4.90 Å². The fourth-order valence-electron chi connectivity index (χ4n) is 4.95. The molecule has 2 atom stereocenters. The lowest BCUT2D eigenvalue weighted by Gasteiger charge is -2.31. The normalized spacial score (nSPS) is 20.0. The predicted octanol–water partition coefficient (Wildman–Crippen LogP) is 6.27. The van der Waals surface area contributed by atoms with Crippen molar-refractivity contribution in [3.05, 3.63) is 89.2 Å². The number of ether oxygens (including phenoxy) is 2. The number of halogens is 2. The molecule has 0 aliphatic carbocycles. The van der Waals surface area contributed by atoms with Crippen LogP contribution in [0.15, 0.2) is 66.7 Å². The van der Waals surface area contributed by atoms with Crippen molar-refractivity contribution in [2.75, 3.05) is 32.9 Å². The third-order valence-corrected chi connectivity index (χ3v) is 6.88. The second-order valence-corrected chi connectivity index (χ2v) is 9.25. The zero-order chi connectivity index (χ0) is 24.4. The highest BCUT2D eigenvalue weighted by Gasteiger charge is 2.29. The Morgan fingerprint density at radius 2 is 1.83 bits per heavy atom. The van der Waals surface area contributed by atoms with Gasteiger partial charge in [0.1, 0.15) is 35.8 Å². The van der Waals surface area contributed by atoms with Crippen LogP contribution in [0.5, 0.6) is 17.2 Å². The Morgan fingerprint density at radius 3 is 2.54 bits per heavy atom. The van der Waals surface area contributed by atoms with Crippen molar-refractivity contribution in [2.24, 2.45) is 5.92 Å². The Morgan fingerprint density at radius 1 is 1.06 bits per heavy atom. The number of likely N-dealkylation sites (tertiary alicyclic amines) is 1. The van der Waals surface area contributed by atoms with E-state index in [1.54, 1.807) is 30.3 Å². The van der Waals surface area contributed by atoms with E-state index in [0.29, 0.717) is 12.4 Å². The van der Waals surface area contributed by atoms with E-state index < -0.39 is 6.10 Å². The average Bonchev–Trinajstić information content (AvgIpc) is 3.34. The van der Waals surface area contributed by atoms with Gasteiger partial charge < -0.3 is 14.6 Å². The molecule has 1 saturated heterocycles. The number of fused-ring (bicyclic) bond motifs is 1. The van der Waals surface area contributed by atoms with Crippen LogP contribution in [0.4, 0.5) is 8.78 Å². The van der Waals surface area contributed by atoms with E-state index in [1.165, 1.54) is 12.1 Å². The molecular formula is C29H29F2NO3. The Labute approximate surface area is 204 Å². The fourth-order valence-corrected chi connectivity index (χ4v) is 4.95. The van der Waals surface area contributed by atoms with Crippen LogP contribution in [0.25, 0.3) is 11.1 Å². The van der Waals surface area contributed by atoms with Gasteiger partial charge in [0.05, 0.1) is 6.67 Å². The highest BCUT2D eigenvalue weighted by Crippen LogP contribution is 2.47. The quantitative estimate of drug-likeness (QED) is 0.436. The number of alkyl halides is 1. The number of hydrogen-bond acceptors (Lipinski definition) is 4. The van der Waals surface area contributed by atoms with Crippen molar-refractivity contribution in [3.63, 3.8) is 0 Å². The van der Waals surface area contributed by atoms with Gasteiger partial charge in [-0.15, -0.1) is 0 Å². The summed E-state index contributed by atoms with van der Waals surface area (Å²) in [5, 5.41) is 10.0. The van der Waals surface area contributed by atoms with Crippen molar-refractivity contribution in [1.29, 1.82) is 0 Å². The summed E-state index contributed by atoms with van der Waals surface area (Å²) in [6, 6.07) is 19.3. The van der Waals surface area contributed by atoms with Crippen LogP contribution >= 0.6 is 0 Å². The summed E-state index contributed by atoms with van der Waals surface area (Å²) in [5.74, 6) is 1.48. The lowest BCUT2D eigenvalue weighted by Crippen LogP contribution is -2.26. The smallest absolute Gasteiger partial charge is 0.150 e. The molecule has 182 valence electrons. The molecule has 6 heteroatoms. The molecule has 1 N–H and O–H groups in total. The number of benzene rings is 3. The maximum absolute atomic E-state index is 13.6. The number of nitrogens with zero attached hydrogens (tertiary/aromatic N) is 1. The van der Waals surface area contributed by atoms with Crippen LogP contribution in [0, 0.1) is 11.7 Å². The van der Waals surface area contributed by atoms with Gasteiger partial charge in [0.15, 0.2) is 0 Å². The molecule has 3 aromatic carbocycles. The van der Waals surface area contributed by atoms with Gasteiger partial charge in [0.25, 0.3) is 0 Å². The number of phenols is 1. The largest absolute Gasteiger partial charge is 0.508 e. The molecule has 0 bridgehead atoms. The molecule has 2 aliphatic heterocycles. The molecule has 0 saturated carbocycles. The van der Waals surface area contributed by atoms with Crippen LogP contribution in [0.3, 0.4) is 0 Å². The molecule has 0 spiro atoms. The summed E-state index contributed by atoms with van der Waals surface area (Å²) in [4.78, 5) is 2.24. The third kappa shape index (κ3) is 5.03. The first-order valence-corrected chi connectivity index (χ1v) is 12.0. The first-order chi connectivity index (χ1) is 17.0. The molecular weight excluding hydrogens is 448 g/mol. The van der Waals surface area contributed by atoms with Crippen molar-refractivity contribution in [3.8, 4) is 17.2 Å². The van der Waals surface area contributed by atoms with Gasteiger partial charge in [-0.05, 0) is 79.1 Å². The summed E-state index contributed by atoms with van der Waals surface area (Å²) >= 11 is 0. The minimum Gasteiger partial charge on any atom is -0.508 e. The minimum atomic E-state index is -0.395. The number of allylic oxidation sites excluding steroid dienone is 1. The molecule has 0 aromatic heterocycles. The van der Waals surface area contributed by atoms with Gasteiger partial charge in [0, 0.05) is 30.1 Å². The predicted molar refractivity (Wildman–Crippen MR) is 133 cm³/mol. The second-order valence-electron chi connectivity index (χ2n) is 9.25. The zero-order valence-corrected chi connectivity index (χ0v) is 19.7. The van der Waals surface area contributed by atoms with Crippen molar-refractivity contribution >= 4 is 11.1 Å². The lowest BCUT2D eigenvalue weighted by atomic mass is 9.86. The molecule has 1 fully saturated rings. The summed E-state index contributed by atoms with van der Waals surface area (Å²) in [7, 11) is 0. The molecule has 0 amide bonds. The maximum Gasteiger partial charge on any atom is 0.150 e. The number of hydrogen-bond donors (Lipinski definition) is 1. The molecule has 0 unspecified atom stereocenters. The highest BCUT2D eigenvalue weighted by molar-refractivity contribution is 5.95. The summed E-state index contributed by atoms with van der Waals surface area (Å²) in [6.07, 6.45) is 0.521. The molecule has 5 rings (SSSR count). The minimum absolute atomic E-state index is 0.158. The van der Waals surface area contributed by atoms with Crippen molar-refractivity contribution < 1.29 is 23.4 Å². The number of aromatic hydroxyl groups is 1. The standard InChI is InChI=1S/C29H29F2NO3/c1-19-26-16-24(33)8-11-27(26)35-29(28(19)21-2-6-23(31)7-3-21)22-4-9-25(10-5-22)34-15-14-32-13-12-20(17-30)18-32/h2-11,16,20,29,33H,12-15,17-18H2,1H3/t20-,29-/m0/s1. The SMILES string of the molecule is CC1=C(c2ccc(F)cc2)[C@H](c2ccc(OCCN3CC[C@@H](CF)C3)cc2)Oc2ccc(O)cc21. The van der Waals surface area contributed by atoms with Gasteiger partial charge in [-0.2, -0.15) is 0 Å². The topological polar surface area (TPSA) is 41.9 Å². The van der Waals surface area contributed by atoms with Crippen LogP contribution in [0.2, 0.25) is 0 Å². The van der Waals surface area contributed by atoms with Crippen molar-refractivity contribution in [2.45, 2.75) is 19.4 Å². The molecule has 3 aromatic rings. The maximum atomic E-state index is 13.6.